The van der Waals surface area contributed by atoms with Crippen LogP contribution in [0.5, 0.6) is 0 Å². The lowest BCUT2D eigenvalue weighted by Gasteiger charge is -2.18. The summed E-state index contributed by atoms with van der Waals surface area (Å²) < 4.78 is 1.80. The van der Waals surface area contributed by atoms with Crippen LogP contribution in [0.2, 0.25) is 0 Å². The van der Waals surface area contributed by atoms with Crippen LogP contribution in [0.3, 0.4) is 0 Å². The Kier molecular flexibility index (Phi) is 3.85. The van der Waals surface area contributed by atoms with Gasteiger partial charge in [-0.3, -0.25) is 9.48 Å². The van der Waals surface area contributed by atoms with Gasteiger partial charge in [-0.25, -0.2) is 0 Å². The van der Waals surface area contributed by atoms with E-state index in [4.69, 9.17) is 0 Å². The molecule has 0 fully saturated rings. The Morgan fingerprint density at radius 1 is 1.43 bits per heavy atom. The number of aryl methyl sites for hydroxylation is 3. The van der Waals surface area contributed by atoms with Crippen LogP contribution >= 0.6 is 11.3 Å². The number of rotatable bonds is 3. The largest absolute Gasteiger partial charge is 0.337 e. The zero-order valence-electron chi connectivity index (χ0n) is 12.8. The third-order valence-corrected chi connectivity index (χ3v) is 5.25. The van der Waals surface area contributed by atoms with Gasteiger partial charge in [-0.15, -0.1) is 11.3 Å². The zero-order chi connectivity index (χ0) is 15.0. The highest BCUT2D eigenvalue weighted by Gasteiger charge is 2.22. The highest BCUT2D eigenvalue weighted by atomic mass is 32.1. The maximum absolute atomic E-state index is 12.7. The number of nitrogens with zero attached hydrogens (tertiary/aromatic N) is 3. The third kappa shape index (κ3) is 2.75. The first-order valence-corrected chi connectivity index (χ1v) is 8.28. The van der Waals surface area contributed by atoms with Crippen LogP contribution < -0.4 is 0 Å². The first-order chi connectivity index (χ1) is 10.1. The lowest BCUT2D eigenvalue weighted by Crippen LogP contribution is -2.27. The van der Waals surface area contributed by atoms with Gasteiger partial charge >= 0.3 is 0 Å². The summed E-state index contributed by atoms with van der Waals surface area (Å²) in [6.45, 7) is 2.60. The zero-order valence-corrected chi connectivity index (χ0v) is 13.7. The lowest BCUT2D eigenvalue weighted by atomic mass is 9.95. The number of aromatic nitrogens is 2. The van der Waals surface area contributed by atoms with Gasteiger partial charge in [0.2, 0.25) is 0 Å². The van der Waals surface area contributed by atoms with Gasteiger partial charge in [0.1, 0.15) is 0 Å². The van der Waals surface area contributed by atoms with Crippen molar-refractivity contribution in [1.82, 2.24) is 14.7 Å². The van der Waals surface area contributed by atoms with Gasteiger partial charge in [-0.2, -0.15) is 5.10 Å². The molecule has 3 rings (SSSR count). The Morgan fingerprint density at radius 3 is 2.90 bits per heavy atom. The molecule has 5 heteroatoms. The minimum Gasteiger partial charge on any atom is -0.337 e. The van der Waals surface area contributed by atoms with Crippen molar-refractivity contribution in [3.63, 3.8) is 0 Å². The quantitative estimate of drug-likeness (QED) is 0.874. The second kappa shape index (κ2) is 5.64. The molecule has 0 saturated heterocycles. The number of carbonyl (C=O) groups is 1. The van der Waals surface area contributed by atoms with Crippen molar-refractivity contribution >= 4 is 17.2 Å². The van der Waals surface area contributed by atoms with Crippen molar-refractivity contribution in [3.05, 3.63) is 38.8 Å². The van der Waals surface area contributed by atoms with E-state index in [0.717, 1.165) is 29.7 Å². The number of amides is 1. The average molecular weight is 303 g/mol. The highest BCUT2D eigenvalue weighted by molar-refractivity contribution is 7.10. The van der Waals surface area contributed by atoms with Gasteiger partial charge in [-0.05, 0) is 38.2 Å². The lowest BCUT2D eigenvalue weighted by molar-refractivity contribution is 0.0784. The molecule has 0 spiro atoms. The van der Waals surface area contributed by atoms with E-state index in [1.54, 1.807) is 20.9 Å². The molecule has 2 aromatic heterocycles. The molecule has 0 aliphatic heterocycles. The Morgan fingerprint density at radius 2 is 2.19 bits per heavy atom. The number of thiophene rings is 1. The molecule has 0 aromatic carbocycles. The summed E-state index contributed by atoms with van der Waals surface area (Å²) in [7, 11) is 3.79. The molecule has 0 radical (unpaired) electrons. The Balaban J connectivity index is 1.78. The molecular weight excluding hydrogens is 282 g/mol. The van der Waals surface area contributed by atoms with Crippen LogP contribution in [0.25, 0.3) is 0 Å². The van der Waals surface area contributed by atoms with Crippen molar-refractivity contribution < 1.29 is 4.79 Å². The average Bonchev–Trinajstić information content (AvgIpc) is 3.01. The predicted molar refractivity (Wildman–Crippen MR) is 84.7 cm³/mol. The van der Waals surface area contributed by atoms with E-state index in [1.807, 2.05) is 32.6 Å². The topological polar surface area (TPSA) is 38.1 Å². The normalized spacial score (nSPS) is 14.0. The van der Waals surface area contributed by atoms with Crippen LogP contribution in [0.1, 0.15) is 44.9 Å². The summed E-state index contributed by atoms with van der Waals surface area (Å²) in [5, 5.41) is 6.38. The van der Waals surface area contributed by atoms with Crippen LogP contribution in [-0.4, -0.2) is 27.6 Å². The van der Waals surface area contributed by atoms with E-state index in [-0.39, 0.29) is 5.91 Å². The molecule has 21 heavy (non-hydrogen) atoms. The molecular formula is C16H21N3OS. The summed E-state index contributed by atoms with van der Waals surface area (Å²) in [6, 6.07) is 0. The molecule has 112 valence electrons. The molecule has 0 N–H and O–H groups in total. The fourth-order valence-corrected chi connectivity index (χ4v) is 4.13. The van der Waals surface area contributed by atoms with E-state index in [0.29, 0.717) is 6.54 Å². The van der Waals surface area contributed by atoms with Gasteiger partial charge in [0, 0.05) is 42.7 Å². The fourth-order valence-electron chi connectivity index (χ4n) is 3.01. The Hall–Kier alpha value is -1.62. The second-order valence-corrected chi connectivity index (χ2v) is 6.80. The maximum atomic E-state index is 12.7. The van der Waals surface area contributed by atoms with Crippen molar-refractivity contribution in [2.75, 3.05) is 7.05 Å². The molecule has 0 atom stereocenters. The van der Waals surface area contributed by atoms with Crippen molar-refractivity contribution in [2.45, 2.75) is 39.2 Å². The van der Waals surface area contributed by atoms with Gasteiger partial charge in [-0.1, -0.05) is 0 Å². The van der Waals surface area contributed by atoms with E-state index in [2.05, 4.69) is 5.10 Å². The number of hydrogen-bond donors (Lipinski definition) is 0. The minimum absolute atomic E-state index is 0.137. The standard InChI is InChI=1S/C16H21N3OS/c1-11-12(9-19(3)17-11)8-18(2)16(20)14-10-21-15-7-5-4-6-13(14)15/h9-10H,4-8H2,1-3H3. The summed E-state index contributed by atoms with van der Waals surface area (Å²) in [6.07, 6.45) is 6.64. The van der Waals surface area contributed by atoms with E-state index < -0.39 is 0 Å². The highest BCUT2D eigenvalue weighted by Crippen LogP contribution is 2.31. The van der Waals surface area contributed by atoms with Crippen LogP contribution in [0.15, 0.2) is 11.6 Å². The molecule has 2 heterocycles. The van der Waals surface area contributed by atoms with Gasteiger partial charge in [0.05, 0.1) is 11.3 Å². The van der Waals surface area contributed by atoms with Crippen molar-refractivity contribution in [2.24, 2.45) is 7.05 Å². The van der Waals surface area contributed by atoms with Crippen molar-refractivity contribution in [1.29, 1.82) is 0 Å². The Labute approximate surface area is 129 Å². The first-order valence-electron chi connectivity index (χ1n) is 7.40. The monoisotopic (exact) mass is 303 g/mol. The van der Waals surface area contributed by atoms with Crippen LogP contribution in [-0.2, 0) is 26.4 Å². The van der Waals surface area contributed by atoms with Crippen molar-refractivity contribution in [3.8, 4) is 0 Å². The Bertz CT molecular complexity index is 671. The molecule has 0 saturated carbocycles. The molecule has 1 aliphatic rings. The van der Waals surface area contributed by atoms with Gasteiger partial charge in [0.15, 0.2) is 0 Å². The van der Waals surface area contributed by atoms with E-state index >= 15 is 0 Å². The SMILES string of the molecule is Cc1nn(C)cc1CN(C)C(=O)c1csc2c1CCCC2. The number of fused-ring (bicyclic) bond motifs is 1. The number of carbonyl (C=O) groups excluding carboxylic acids is 1. The molecule has 1 aliphatic carbocycles. The molecule has 0 unspecified atom stereocenters. The minimum atomic E-state index is 0.137. The fraction of sp³-hybridized carbons (Fsp3) is 0.500. The third-order valence-electron chi connectivity index (χ3n) is 4.16. The predicted octanol–water partition coefficient (Wildman–Crippen LogP) is 2.94. The van der Waals surface area contributed by atoms with Gasteiger partial charge in [0.25, 0.3) is 5.91 Å². The summed E-state index contributed by atoms with van der Waals surface area (Å²) >= 11 is 1.75. The van der Waals surface area contributed by atoms with Gasteiger partial charge < -0.3 is 4.90 Å². The smallest absolute Gasteiger partial charge is 0.255 e. The summed E-state index contributed by atoms with van der Waals surface area (Å²) in [5.74, 6) is 0.137. The first kappa shape index (κ1) is 14.3. The van der Waals surface area contributed by atoms with E-state index in [1.165, 1.54) is 23.3 Å². The summed E-state index contributed by atoms with van der Waals surface area (Å²) in [4.78, 5) is 15.9. The van der Waals surface area contributed by atoms with E-state index in [9.17, 15) is 4.79 Å². The van der Waals surface area contributed by atoms with Crippen LogP contribution in [0.4, 0.5) is 0 Å². The molecule has 2 aromatic rings. The maximum Gasteiger partial charge on any atom is 0.255 e. The molecule has 1 amide bonds. The summed E-state index contributed by atoms with van der Waals surface area (Å²) in [5.41, 5.74) is 4.31. The number of hydrogen-bond acceptors (Lipinski definition) is 3. The second-order valence-electron chi connectivity index (χ2n) is 5.83. The van der Waals surface area contributed by atoms with Crippen LogP contribution in [0, 0.1) is 6.92 Å². The molecule has 0 bridgehead atoms. The molecule has 4 nitrogen and oxygen atoms in total.